The van der Waals surface area contributed by atoms with Crippen molar-refractivity contribution < 1.29 is 8.78 Å². The Morgan fingerprint density at radius 3 is 1.80 bits per heavy atom. The number of aryl methyl sites for hydroxylation is 2. The highest BCUT2D eigenvalue weighted by molar-refractivity contribution is 5.71. The van der Waals surface area contributed by atoms with Gasteiger partial charge in [0.1, 0.15) is 11.6 Å². The number of hydrogen-bond donors (Lipinski definition) is 0. The molecule has 0 amide bonds. The molecule has 0 aliphatic carbocycles. The standard InChI is InChI=1S/C23H22F2/c1-3-5-17-6-9-18(10-7-17)20-13-11-19(15-23(20)25)21-12-8-16(4-2)14-22(21)24/h6-15H,3-5H2,1-2H3. The van der Waals surface area contributed by atoms with E-state index in [0.29, 0.717) is 16.7 Å². The van der Waals surface area contributed by atoms with E-state index < -0.39 is 0 Å². The maximum absolute atomic E-state index is 14.6. The predicted molar refractivity (Wildman–Crippen MR) is 101 cm³/mol. The van der Waals surface area contributed by atoms with Crippen LogP contribution in [0.3, 0.4) is 0 Å². The lowest BCUT2D eigenvalue weighted by molar-refractivity contribution is 0.625. The van der Waals surface area contributed by atoms with Crippen LogP contribution in [-0.4, -0.2) is 0 Å². The summed E-state index contributed by atoms with van der Waals surface area (Å²) in [7, 11) is 0. The average Bonchev–Trinajstić information content (AvgIpc) is 2.62. The Labute approximate surface area is 148 Å². The Hall–Kier alpha value is -2.48. The van der Waals surface area contributed by atoms with Gasteiger partial charge in [0, 0.05) is 11.1 Å². The van der Waals surface area contributed by atoms with Crippen LogP contribution >= 0.6 is 0 Å². The Kier molecular flexibility index (Phi) is 5.28. The minimum absolute atomic E-state index is 0.310. The van der Waals surface area contributed by atoms with E-state index in [2.05, 4.69) is 6.92 Å². The zero-order chi connectivity index (χ0) is 17.8. The Balaban J connectivity index is 1.93. The molecule has 0 spiro atoms. The summed E-state index contributed by atoms with van der Waals surface area (Å²) in [5, 5.41) is 0. The Morgan fingerprint density at radius 1 is 0.640 bits per heavy atom. The van der Waals surface area contributed by atoms with Crippen molar-refractivity contribution in [3.8, 4) is 22.3 Å². The van der Waals surface area contributed by atoms with E-state index in [4.69, 9.17) is 0 Å². The van der Waals surface area contributed by atoms with E-state index in [1.165, 1.54) is 17.7 Å². The predicted octanol–water partition coefficient (Wildman–Crippen LogP) is 6.81. The fourth-order valence-corrected chi connectivity index (χ4v) is 3.07. The van der Waals surface area contributed by atoms with E-state index >= 15 is 0 Å². The zero-order valence-corrected chi connectivity index (χ0v) is 14.7. The summed E-state index contributed by atoms with van der Waals surface area (Å²) in [4.78, 5) is 0. The first kappa shape index (κ1) is 17.3. The molecular formula is C23H22F2. The van der Waals surface area contributed by atoms with Gasteiger partial charge in [0.15, 0.2) is 0 Å². The summed E-state index contributed by atoms with van der Waals surface area (Å²) in [5.74, 6) is -0.643. The van der Waals surface area contributed by atoms with Gasteiger partial charge in [-0.05, 0) is 47.2 Å². The van der Waals surface area contributed by atoms with Gasteiger partial charge in [-0.3, -0.25) is 0 Å². The lowest BCUT2D eigenvalue weighted by Gasteiger charge is -2.09. The third-order valence-corrected chi connectivity index (χ3v) is 4.53. The highest BCUT2D eigenvalue weighted by atomic mass is 19.1. The molecule has 0 saturated carbocycles. The molecule has 0 saturated heterocycles. The van der Waals surface area contributed by atoms with Gasteiger partial charge in [-0.25, -0.2) is 8.78 Å². The molecule has 0 atom stereocenters. The molecular weight excluding hydrogens is 314 g/mol. The van der Waals surface area contributed by atoms with Crippen LogP contribution in [0.15, 0.2) is 60.7 Å². The largest absolute Gasteiger partial charge is 0.206 e. The fourth-order valence-electron chi connectivity index (χ4n) is 3.07. The summed E-state index contributed by atoms with van der Waals surface area (Å²) in [6, 6.07) is 18.0. The smallest absolute Gasteiger partial charge is 0.131 e. The minimum Gasteiger partial charge on any atom is -0.206 e. The molecule has 0 nitrogen and oxygen atoms in total. The third-order valence-electron chi connectivity index (χ3n) is 4.53. The maximum atomic E-state index is 14.6. The molecule has 0 aliphatic heterocycles. The fraction of sp³-hybridized carbons (Fsp3) is 0.217. The average molecular weight is 336 g/mol. The van der Waals surface area contributed by atoms with Crippen molar-refractivity contribution in [3.63, 3.8) is 0 Å². The molecule has 0 bridgehead atoms. The van der Waals surface area contributed by atoms with Crippen LogP contribution in [0.1, 0.15) is 31.4 Å². The molecule has 0 heterocycles. The topological polar surface area (TPSA) is 0 Å². The van der Waals surface area contributed by atoms with Crippen molar-refractivity contribution in [2.45, 2.75) is 33.1 Å². The molecule has 0 radical (unpaired) electrons. The zero-order valence-electron chi connectivity index (χ0n) is 14.7. The minimum atomic E-state index is -0.334. The van der Waals surface area contributed by atoms with Gasteiger partial charge >= 0.3 is 0 Å². The summed E-state index contributed by atoms with van der Waals surface area (Å²) in [5.41, 5.74) is 4.56. The van der Waals surface area contributed by atoms with E-state index in [1.807, 2.05) is 37.3 Å². The molecule has 128 valence electrons. The van der Waals surface area contributed by atoms with Crippen molar-refractivity contribution in [1.82, 2.24) is 0 Å². The highest BCUT2D eigenvalue weighted by Crippen LogP contribution is 2.30. The van der Waals surface area contributed by atoms with Gasteiger partial charge in [0.25, 0.3) is 0 Å². The second kappa shape index (κ2) is 7.60. The molecule has 0 aliphatic rings. The van der Waals surface area contributed by atoms with Crippen LogP contribution in [0.2, 0.25) is 0 Å². The van der Waals surface area contributed by atoms with Crippen LogP contribution < -0.4 is 0 Å². The molecule has 25 heavy (non-hydrogen) atoms. The van der Waals surface area contributed by atoms with Gasteiger partial charge in [0.2, 0.25) is 0 Å². The third kappa shape index (κ3) is 3.79. The maximum Gasteiger partial charge on any atom is 0.131 e. The van der Waals surface area contributed by atoms with Crippen molar-refractivity contribution >= 4 is 0 Å². The van der Waals surface area contributed by atoms with Crippen molar-refractivity contribution in [3.05, 3.63) is 83.4 Å². The van der Waals surface area contributed by atoms with Crippen LogP contribution in [0.4, 0.5) is 8.78 Å². The molecule has 3 aromatic carbocycles. The van der Waals surface area contributed by atoms with Crippen molar-refractivity contribution in [1.29, 1.82) is 0 Å². The quantitative estimate of drug-likeness (QED) is 0.480. The van der Waals surface area contributed by atoms with Gasteiger partial charge in [-0.1, -0.05) is 68.8 Å². The first-order valence-electron chi connectivity index (χ1n) is 8.80. The number of benzene rings is 3. The Morgan fingerprint density at radius 2 is 1.20 bits per heavy atom. The van der Waals surface area contributed by atoms with Crippen LogP contribution in [0.25, 0.3) is 22.3 Å². The molecule has 0 N–H and O–H groups in total. The van der Waals surface area contributed by atoms with Crippen LogP contribution in [0, 0.1) is 11.6 Å². The number of halogens is 2. The van der Waals surface area contributed by atoms with E-state index in [1.54, 1.807) is 18.2 Å². The first-order valence-corrected chi connectivity index (χ1v) is 8.80. The second-order valence-electron chi connectivity index (χ2n) is 6.31. The lowest BCUT2D eigenvalue weighted by Crippen LogP contribution is -1.91. The molecule has 0 aromatic heterocycles. The summed E-state index contributed by atoms with van der Waals surface area (Å²) < 4.78 is 28.9. The van der Waals surface area contributed by atoms with Crippen LogP contribution in [-0.2, 0) is 12.8 Å². The van der Waals surface area contributed by atoms with Crippen LogP contribution in [0.5, 0.6) is 0 Å². The molecule has 3 aromatic rings. The molecule has 3 rings (SSSR count). The monoisotopic (exact) mass is 336 g/mol. The van der Waals surface area contributed by atoms with E-state index in [9.17, 15) is 8.78 Å². The molecule has 0 unspecified atom stereocenters. The summed E-state index contributed by atoms with van der Waals surface area (Å²) >= 11 is 0. The lowest BCUT2D eigenvalue weighted by atomic mass is 9.97. The van der Waals surface area contributed by atoms with Gasteiger partial charge < -0.3 is 0 Å². The van der Waals surface area contributed by atoms with Gasteiger partial charge in [0.05, 0.1) is 0 Å². The second-order valence-corrected chi connectivity index (χ2v) is 6.31. The normalized spacial score (nSPS) is 10.9. The van der Waals surface area contributed by atoms with Gasteiger partial charge in [-0.2, -0.15) is 0 Å². The first-order chi connectivity index (χ1) is 12.1. The molecule has 0 fully saturated rings. The van der Waals surface area contributed by atoms with Gasteiger partial charge in [-0.15, -0.1) is 0 Å². The van der Waals surface area contributed by atoms with E-state index in [0.717, 1.165) is 30.4 Å². The van der Waals surface area contributed by atoms with Crippen molar-refractivity contribution in [2.75, 3.05) is 0 Å². The number of hydrogen-bond acceptors (Lipinski definition) is 0. The summed E-state index contributed by atoms with van der Waals surface area (Å²) in [6.45, 7) is 4.12. The highest BCUT2D eigenvalue weighted by Gasteiger charge is 2.11. The SMILES string of the molecule is CCCc1ccc(-c2ccc(-c3ccc(CC)cc3F)cc2F)cc1. The number of rotatable bonds is 5. The molecule has 2 heteroatoms. The van der Waals surface area contributed by atoms with Crippen molar-refractivity contribution in [2.24, 2.45) is 0 Å². The summed E-state index contributed by atoms with van der Waals surface area (Å²) in [6.07, 6.45) is 2.89. The Bertz CT molecular complexity index is 864. The van der Waals surface area contributed by atoms with E-state index in [-0.39, 0.29) is 11.6 Å².